The topological polar surface area (TPSA) is 3.24 Å². The van der Waals surface area contributed by atoms with E-state index in [4.69, 9.17) is 58.2 Å². The maximum absolute atomic E-state index is 6.22. The number of halogens is 5. The summed E-state index contributed by atoms with van der Waals surface area (Å²) in [6, 6.07) is 0.225. The van der Waals surface area contributed by atoms with E-state index >= 15 is 0 Å². The molecule has 0 saturated carbocycles. The van der Waals surface area contributed by atoms with E-state index in [1.54, 1.807) is 4.42 Å². The largest absolute Gasteiger partial charge is 0.205 e. The van der Waals surface area contributed by atoms with Crippen molar-refractivity contribution >= 4 is 58.2 Å². The van der Waals surface area contributed by atoms with E-state index in [0.717, 1.165) is 24.0 Å². The van der Waals surface area contributed by atoms with Crippen molar-refractivity contribution in [3.05, 3.63) is 31.2 Å². The standard InChI is InChI=1S/C10H6Cl5N/c11-7-5-3-1-2-4(16(3)15)6(5)8(12)10(14)9(7)13/h3-4H,1-2H2. The van der Waals surface area contributed by atoms with Crippen molar-refractivity contribution in [1.82, 2.24) is 4.42 Å². The maximum Gasteiger partial charge on any atom is 0.0797 e. The van der Waals surface area contributed by atoms with Crippen molar-refractivity contribution in [3.8, 4) is 0 Å². The van der Waals surface area contributed by atoms with Crippen LogP contribution in [0.15, 0.2) is 0 Å². The molecule has 16 heavy (non-hydrogen) atoms. The first-order valence-corrected chi connectivity index (χ1v) is 6.69. The van der Waals surface area contributed by atoms with Crippen LogP contribution in [0.5, 0.6) is 0 Å². The molecule has 2 heterocycles. The third-order valence-electron chi connectivity index (χ3n) is 3.32. The molecular weight excluding hydrogens is 311 g/mol. The van der Waals surface area contributed by atoms with Gasteiger partial charge in [0.25, 0.3) is 0 Å². The van der Waals surface area contributed by atoms with Crippen molar-refractivity contribution in [1.29, 1.82) is 0 Å². The molecule has 1 aromatic carbocycles. The van der Waals surface area contributed by atoms with Crippen LogP contribution in [0.4, 0.5) is 0 Å². The summed E-state index contributed by atoms with van der Waals surface area (Å²) in [5.41, 5.74) is 1.90. The molecule has 0 amide bonds. The number of benzene rings is 1. The Bertz CT molecular complexity index is 444. The van der Waals surface area contributed by atoms with Crippen molar-refractivity contribution < 1.29 is 0 Å². The van der Waals surface area contributed by atoms with Gasteiger partial charge >= 0.3 is 0 Å². The second kappa shape index (κ2) is 3.81. The quantitative estimate of drug-likeness (QED) is 0.340. The molecule has 1 nitrogen and oxygen atoms in total. The fraction of sp³-hybridized carbons (Fsp3) is 0.400. The average Bonchev–Trinajstić information content (AvgIpc) is 2.77. The summed E-state index contributed by atoms with van der Waals surface area (Å²) < 4.78 is 1.77. The number of hydrogen-bond donors (Lipinski definition) is 0. The molecule has 0 N–H and O–H groups in total. The Balaban J connectivity index is 2.35. The van der Waals surface area contributed by atoms with E-state index in [2.05, 4.69) is 0 Å². The summed E-state index contributed by atoms with van der Waals surface area (Å²) >= 11 is 30.7. The highest BCUT2D eigenvalue weighted by molar-refractivity contribution is 6.52. The Labute approximate surface area is 118 Å². The molecule has 2 aliphatic heterocycles. The molecule has 0 spiro atoms. The second-order valence-electron chi connectivity index (χ2n) is 4.04. The van der Waals surface area contributed by atoms with Gasteiger partial charge < -0.3 is 0 Å². The van der Waals surface area contributed by atoms with E-state index in [0.29, 0.717) is 20.1 Å². The lowest BCUT2D eigenvalue weighted by molar-refractivity contribution is 0.399. The normalized spacial score (nSPS) is 27.6. The van der Waals surface area contributed by atoms with E-state index in [-0.39, 0.29) is 12.1 Å². The van der Waals surface area contributed by atoms with Crippen molar-refractivity contribution in [2.24, 2.45) is 0 Å². The molecule has 0 radical (unpaired) electrons. The molecule has 0 aromatic heterocycles. The van der Waals surface area contributed by atoms with Crippen LogP contribution in [0.3, 0.4) is 0 Å². The number of hydrogen-bond acceptors (Lipinski definition) is 1. The first kappa shape index (κ1) is 11.7. The zero-order valence-electron chi connectivity index (χ0n) is 7.91. The van der Waals surface area contributed by atoms with Gasteiger partial charge in [-0.3, -0.25) is 0 Å². The van der Waals surface area contributed by atoms with Gasteiger partial charge in [0.2, 0.25) is 0 Å². The minimum atomic E-state index is 0.112. The van der Waals surface area contributed by atoms with Gasteiger partial charge in [-0.25, -0.2) is 4.42 Å². The van der Waals surface area contributed by atoms with Gasteiger partial charge in [-0.1, -0.05) is 46.4 Å². The summed E-state index contributed by atoms with van der Waals surface area (Å²) in [7, 11) is 0. The molecule has 86 valence electrons. The smallest absolute Gasteiger partial charge is 0.0797 e. The molecule has 3 rings (SSSR count). The summed E-state index contributed by atoms with van der Waals surface area (Å²) in [5, 5.41) is 1.63. The lowest BCUT2D eigenvalue weighted by Gasteiger charge is -2.18. The minimum absolute atomic E-state index is 0.112. The van der Waals surface area contributed by atoms with Gasteiger partial charge in [0, 0.05) is 0 Å². The number of nitrogens with zero attached hydrogens (tertiary/aromatic N) is 1. The van der Waals surface area contributed by atoms with Crippen LogP contribution in [0, 0.1) is 0 Å². The Morgan fingerprint density at radius 1 is 0.750 bits per heavy atom. The molecule has 1 saturated heterocycles. The summed E-state index contributed by atoms with van der Waals surface area (Å²) in [4.78, 5) is 0. The van der Waals surface area contributed by atoms with Gasteiger partial charge in [0.1, 0.15) is 0 Å². The minimum Gasteiger partial charge on any atom is -0.205 e. The predicted octanol–water partition coefficient (Wildman–Crippen LogP) is 5.65. The Kier molecular flexibility index (Phi) is 2.79. The first-order valence-electron chi connectivity index (χ1n) is 4.84. The summed E-state index contributed by atoms with van der Waals surface area (Å²) in [5.74, 6) is 0. The molecule has 2 unspecified atom stereocenters. The zero-order chi connectivity index (χ0) is 11.6. The highest BCUT2D eigenvalue weighted by Crippen LogP contribution is 2.60. The van der Waals surface area contributed by atoms with Crippen molar-refractivity contribution in [2.75, 3.05) is 0 Å². The Hall–Kier alpha value is 0.630. The number of fused-ring (bicyclic) bond motifs is 5. The predicted molar refractivity (Wildman–Crippen MR) is 68.9 cm³/mol. The van der Waals surface area contributed by atoms with Gasteiger partial charge in [-0.2, -0.15) is 0 Å². The van der Waals surface area contributed by atoms with Crippen LogP contribution in [-0.2, 0) is 0 Å². The van der Waals surface area contributed by atoms with Gasteiger partial charge in [-0.05, 0) is 35.7 Å². The van der Waals surface area contributed by atoms with Crippen LogP contribution in [0.25, 0.3) is 0 Å². The third-order valence-corrected chi connectivity index (χ3v) is 5.62. The first-order chi connectivity index (χ1) is 7.54. The fourth-order valence-corrected chi connectivity index (χ4v) is 4.16. The molecule has 2 atom stereocenters. The molecule has 2 bridgehead atoms. The Morgan fingerprint density at radius 2 is 1.12 bits per heavy atom. The molecule has 1 fully saturated rings. The van der Waals surface area contributed by atoms with Gasteiger partial charge in [-0.15, -0.1) is 0 Å². The molecule has 1 aromatic rings. The molecule has 0 aliphatic carbocycles. The van der Waals surface area contributed by atoms with Crippen LogP contribution in [0.2, 0.25) is 20.1 Å². The van der Waals surface area contributed by atoms with Gasteiger partial charge in [0.05, 0.1) is 32.2 Å². The highest BCUT2D eigenvalue weighted by Gasteiger charge is 2.47. The van der Waals surface area contributed by atoms with Crippen LogP contribution in [-0.4, -0.2) is 4.42 Å². The van der Waals surface area contributed by atoms with Crippen LogP contribution < -0.4 is 0 Å². The van der Waals surface area contributed by atoms with E-state index in [9.17, 15) is 0 Å². The highest BCUT2D eigenvalue weighted by atomic mass is 35.5. The summed E-state index contributed by atoms with van der Waals surface area (Å²) in [6.07, 6.45) is 1.96. The molecular formula is C10H6Cl5N. The van der Waals surface area contributed by atoms with Gasteiger partial charge in [0.15, 0.2) is 0 Å². The van der Waals surface area contributed by atoms with Crippen molar-refractivity contribution in [2.45, 2.75) is 24.9 Å². The lowest BCUT2D eigenvalue weighted by Crippen LogP contribution is -2.05. The molecule has 6 heteroatoms. The van der Waals surface area contributed by atoms with Crippen LogP contribution >= 0.6 is 58.2 Å². The average molecular weight is 317 g/mol. The Morgan fingerprint density at radius 3 is 1.50 bits per heavy atom. The second-order valence-corrected chi connectivity index (χ2v) is 5.94. The molecule has 2 aliphatic rings. The van der Waals surface area contributed by atoms with Crippen molar-refractivity contribution in [3.63, 3.8) is 0 Å². The third kappa shape index (κ3) is 1.31. The zero-order valence-corrected chi connectivity index (χ0v) is 11.7. The van der Waals surface area contributed by atoms with E-state index < -0.39 is 0 Å². The van der Waals surface area contributed by atoms with Crippen LogP contribution in [0.1, 0.15) is 36.1 Å². The van der Waals surface area contributed by atoms with E-state index in [1.807, 2.05) is 0 Å². The number of rotatable bonds is 0. The lowest BCUT2D eigenvalue weighted by atomic mass is 9.91. The monoisotopic (exact) mass is 315 g/mol. The summed E-state index contributed by atoms with van der Waals surface area (Å²) in [6.45, 7) is 0. The fourth-order valence-electron chi connectivity index (χ4n) is 2.63. The SMILES string of the molecule is Clc1c(Cl)c(Cl)c2c(c1Cl)C1CCC2N1Cl. The maximum atomic E-state index is 6.22. The van der Waals surface area contributed by atoms with E-state index in [1.165, 1.54) is 0 Å².